The van der Waals surface area contributed by atoms with Gasteiger partial charge in [0.25, 0.3) is 0 Å². The Balaban J connectivity index is 1.47. The smallest absolute Gasteiger partial charge is 0.230 e. The van der Waals surface area contributed by atoms with E-state index in [1.54, 1.807) is 0 Å². The average molecular weight is 355 g/mol. The molecule has 1 heterocycles. The third-order valence-corrected chi connectivity index (χ3v) is 5.53. The first-order valence-corrected chi connectivity index (χ1v) is 9.42. The summed E-state index contributed by atoms with van der Waals surface area (Å²) in [4.78, 5) is 17.3. The Labute approximate surface area is 153 Å². The van der Waals surface area contributed by atoms with Crippen LogP contribution in [0, 0.1) is 17.8 Å². The maximum atomic E-state index is 12.7. The Morgan fingerprint density at radius 2 is 2.04 bits per heavy atom. The van der Waals surface area contributed by atoms with Crippen LogP contribution in [0.1, 0.15) is 50.7 Å². The predicted molar refractivity (Wildman–Crippen MR) is 95.4 cm³/mol. The van der Waals surface area contributed by atoms with Gasteiger partial charge in [0.1, 0.15) is 5.75 Å². The topological polar surface area (TPSA) is 77.2 Å². The highest BCUT2D eigenvalue weighted by atomic mass is 16.5. The summed E-state index contributed by atoms with van der Waals surface area (Å²) in [6.45, 7) is 4.24. The molecule has 6 heteroatoms. The molecular formula is C20H25N3O3. The van der Waals surface area contributed by atoms with Crippen molar-refractivity contribution < 1.29 is 14.1 Å². The van der Waals surface area contributed by atoms with Crippen molar-refractivity contribution in [3.05, 3.63) is 42.0 Å². The Hall–Kier alpha value is -2.37. The number of ether oxygens (including phenoxy) is 1. The summed E-state index contributed by atoms with van der Waals surface area (Å²) in [5, 5.41) is 7.14. The Morgan fingerprint density at radius 1 is 1.27 bits per heavy atom. The minimum Gasteiger partial charge on any atom is -0.485 e. The van der Waals surface area contributed by atoms with Crippen LogP contribution in [0.3, 0.4) is 0 Å². The lowest BCUT2D eigenvalue weighted by Gasteiger charge is -2.28. The molecule has 26 heavy (non-hydrogen) atoms. The molecule has 2 aromatic rings. The second-order valence-corrected chi connectivity index (χ2v) is 7.70. The summed E-state index contributed by atoms with van der Waals surface area (Å²) in [5.74, 6) is 2.88. The van der Waals surface area contributed by atoms with Crippen molar-refractivity contribution in [1.29, 1.82) is 0 Å². The van der Waals surface area contributed by atoms with E-state index in [9.17, 15) is 4.79 Å². The van der Waals surface area contributed by atoms with Crippen LogP contribution in [0.15, 0.2) is 34.9 Å². The molecule has 0 aliphatic heterocycles. The molecule has 2 bridgehead atoms. The normalized spacial score (nSPS) is 27.0. The number of carbonyl (C=O) groups excluding carboxylic acids is 1. The van der Waals surface area contributed by atoms with E-state index in [2.05, 4.69) is 15.5 Å². The van der Waals surface area contributed by atoms with Crippen molar-refractivity contribution in [1.82, 2.24) is 15.5 Å². The zero-order valence-corrected chi connectivity index (χ0v) is 15.2. The number of benzene rings is 1. The summed E-state index contributed by atoms with van der Waals surface area (Å²) in [7, 11) is 0. The van der Waals surface area contributed by atoms with Gasteiger partial charge in [0.2, 0.25) is 17.6 Å². The van der Waals surface area contributed by atoms with Gasteiger partial charge in [0.15, 0.2) is 6.61 Å². The van der Waals surface area contributed by atoms with Gasteiger partial charge in [-0.05, 0) is 57.1 Å². The van der Waals surface area contributed by atoms with Crippen LogP contribution in [0.2, 0.25) is 0 Å². The second kappa shape index (κ2) is 7.09. The summed E-state index contributed by atoms with van der Waals surface area (Å²) in [5.41, 5.74) is 0. The third-order valence-electron chi connectivity index (χ3n) is 5.53. The van der Waals surface area contributed by atoms with Gasteiger partial charge in [-0.1, -0.05) is 23.4 Å². The number of para-hydroxylation sites is 1. The van der Waals surface area contributed by atoms with E-state index in [1.807, 2.05) is 44.2 Å². The van der Waals surface area contributed by atoms with Crippen molar-refractivity contribution in [2.24, 2.45) is 17.8 Å². The van der Waals surface area contributed by atoms with Gasteiger partial charge in [0.05, 0.1) is 11.8 Å². The fourth-order valence-electron chi connectivity index (χ4n) is 4.53. The Morgan fingerprint density at radius 3 is 2.81 bits per heavy atom. The largest absolute Gasteiger partial charge is 0.485 e. The molecule has 1 N–H and O–H groups in total. The molecule has 2 aliphatic carbocycles. The Kier molecular flexibility index (Phi) is 4.66. The summed E-state index contributed by atoms with van der Waals surface area (Å²) >= 11 is 0. The zero-order valence-electron chi connectivity index (χ0n) is 15.2. The minimum absolute atomic E-state index is 0.0328. The lowest BCUT2D eigenvalue weighted by atomic mass is 9.78. The predicted octanol–water partition coefficient (Wildman–Crippen LogP) is 3.30. The number of hydrogen-bond acceptors (Lipinski definition) is 5. The number of hydrogen-bond donors (Lipinski definition) is 1. The molecule has 1 amide bonds. The molecule has 2 aliphatic rings. The lowest BCUT2D eigenvalue weighted by Crippen LogP contribution is -2.40. The molecule has 1 aromatic carbocycles. The first-order valence-electron chi connectivity index (χ1n) is 9.42. The van der Waals surface area contributed by atoms with Gasteiger partial charge in [-0.15, -0.1) is 0 Å². The van der Waals surface area contributed by atoms with E-state index in [0.29, 0.717) is 23.6 Å². The monoisotopic (exact) mass is 355 g/mol. The number of carbonyl (C=O) groups is 1. The maximum absolute atomic E-state index is 12.7. The summed E-state index contributed by atoms with van der Waals surface area (Å²) < 4.78 is 11.2. The molecule has 2 fully saturated rings. The summed E-state index contributed by atoms with van der Waals surface area (Å²) in [6, 6.07) is 9.71. The number of nitrogens with one attached hydrogen (secondary N) is 1. The average Bonchev–Trinajstić information content (AvgIpc) is 3.35. The van der Waals surface area contributed by atoms with Crippen molar-refractivity contribution in [2.45, 2.75) is 51.7 Å². The van der Waals surface area contributed by atoms with Gasteiger partial charge in [-0.2, -0.15) is 4.98 Å². The standard InChI is InChI=1S/C20H25N3O3/c1-12(2)21-19(24)17-13-8-9-14(10-13)18(17)20-22-16(23-26-20)11-25-15-6-4-3-5-7-15/h3-7,12-14,17-18H,8-11H2,1-2H3,(H,21,24)/t13-,14+,17-,18-/m0/s1. The van der Waals surface area contributed by atoms with Crippen LogP contribution in [0.5, 0.6) is 5.75 Å². The number of fused-ring (bicyclic) bond motifs is 2. The highest BCUT2D eigenvalue weighted by Gasteiger charge is 2.53. The molecule has 0 spiro atoms. The summed E-state index contributed by atoms with van der Waals surface area (Å²) in [6.07, 6.45) is 3.34. The molecule has 0 unspecified atom stereocenters. The maximum Gasteiger partial charge on any atom is 0.230 e. The van der Waals surface area contributed by atoms with Crippen molar-refractivity contribution in [2.75, 3.05) is 0 Å². The van der Waals surface area contributed by atoms with Crippen molar-refractivity contribution in [3.63, 3.8) is 0 Å². The van der Waals surface area contributed by atoms with Crippen molar-refractivity contribution in [3.8, 4) is 5.75 Å². The number of amides is 1. The van der Waals surface area contributed by atoms with E-state index in [4.69, 9.17) is 9.26 Å². The molecule has 0 saturated heterocycles. The van der Waals surface area contributed by atoms with Gasteiger partial charge >= 0.3 is 0 Å². The van der Waals surface area contributed by atoms with Crippen LogP contribution < -0.4 is 10.1 Å². The van der Waals surface area contributed by atoms with Gasteiger partial charge in [-0.25, -0.2) is 0 Å². The van der Waals surface area contributed by atoms with Crippen LogP contribution in [0.25, 0.3) is 0 Å². The SMILES string of the molecule is CC(C)NC(=O)[C@H]1[C@H]2CC[C@H](C2)[C@@H]1c1nc(COc2ccccc2)no1. The molecule has 138 valence electrons. The van der Waals surface area contributed by atoms with Crippen LogP contribution in [0.4, 0.5) is 0 Å². The number of nitrogens with zero attached hydrogens (tertiary/aromatic N) is 2. The van der Waals surface area contributed by atoms with E-state index >= 15 is 0 Å². The number of aromatic nitrogens is 2. The van der Waals surface area contributed by atoms with Crippen LogP contribution >= 0.6 is 0 Å². The third kappa shape index (κ3) is 3.32. The molecule has 1 aromatic heterocycles. The van der Waals surface area contributed by atoms with E-state index < -0.39 is 0 Å². The van der Waals surface area contributed by atoms with E-state index in [0.717, 1.165) is 25.0 Å². The van der Waals surface area contributed by atoms with E-state index in [-0.39, 0.29) is 30.4 Å². The highest BCUT2D eigenvalue weighted by Crippen LogP contribution is 2.56. The second-order valence-electron chi connectivity index (χ2n) is 7.70. The zero-order chi connectivity index (χ0) is 18.1. The first kappa shape index (κ1) is 17.1. The molecule has 4 atom stereocenters. The van der Waals surface area contributed by atoms with Gasteiger partial charge in [-0.3, -0.25) is 4.79 Å². The molecule has 2 saturated carbocycles. The molecule has 0 radical (unpaired) electrons. The van der Waals surface area contributed by atoms with Gasteiger partial charge in [0, 0.05) is 6.04 Å². The number of rotatable bonds is 6. The fraction of sp³-hybridized carbons (Fsp3) is 0.550. The molecule has 6 nitrogen and oxygen atoms in total. The first-order chi connectivity index (χ1) is 12.6. The van der Waals surface area contributed by atoms with Crippen LogP contribution in [-0.4, -0.2) is 22.1 Å². The van der Waals surface area contributed by atoms with Crippen molar-refractivity contribution >= 4 is 5.91 Å². The fourth-order valence-corrected chi connectivity index (χ4v) is 4.53. The molecular weight excluding hydrogens is 330 g/mol. The Bertz CT molecular complexity index is 759. The van der Waals surface area contributed by atoms with Crippen LogP contribution in [-0.2, 0) is 11.4 Å². The highest BCUT2D eigenvalue weighted by molar-refractivity contribution is 5.80. The van der Waals surface area contributed by atoms with E-state index in [1.165, 1.54) is 0 Å². The van der Waals surface area contributed by atoms with Gasteiger partial charge < -0.3 is 14.6 Å². The minimum atomic E-state index is -0.0560. The quantitative estimate of drug-likeness (QED) is 0.860. The lowest BCUT2D eigenvalue weighted by molar-refractivity contribution is -0.128. The molecule has 4 rings (SSSR count).